The summed E-state index contributed by atoms with van der Waals surface area (Å²) in [4.78, 5) is 12.7. The van der Waals surface area contributed by atoms with E-state index in [0.717, 1.165) is 38.5 Å². The number of carboxylic acids is 1. The highest BCUT2D eigenvalue weighted by Gasteiger charge is 2.66. The van der Waals surface area contributed by atoms with E-state index in [2.05, 4.69) is 52.9 Å². The third-order valence-electron chi connectivity index (χ3n) is 11.1. The van der Waals surface area contributed by atoms with Gasteiger partial charge in [0.2, 0.25) is 0 Å². The van der Waals surface area contributed by atoms with E-state index in [0.29, 0.717) is 19.6 Å². The van der Waals surface area contributed by atoms with Crippen molar-refractivity contribution in [1.29, 1.82) is 0 Å². The Kier molecular flexibility index (Phi) is 7.04. The number of aliphatic carboxylic acids is 1. The van der Waals surface area contributed by atoms with E-state index in [-0.39, 0.29) is 39.7 Å². The van der Waals surface area contributed by atoms with Crippen LogP contribution in [0.1, 0.15) is 79.6 Å². The summed E-state index contributed by atoms with van der Waals surface area (Å²) in [5.41, 5.74) is -0.553. The Bertz CT molecular complexity index is 834. The smallest absolute Gasteiger partial charge is 0.307 e. The molecule has 1 spiro atoms. The summed E-state index contributed by atoms with van der Waals surface area (Å²) in [6, 6.07) is 0. The summed E-state index contributed by atoms with van der Waals surface area (Å²) in [5, 5.41) is 23.7. The third kappa shape index (κ3) is 4.30. The molecule has 0 radical (unpaired) electrons. The monoisotopic (exact) mass is 509 g/mol. The molecule has 3 saturated carbocycles. The van der Waals surface area contributed by atoms with Crippen molar-refractivity contribution in [2.75, 3.05) is 13.2 Å². The first-order chi connectivity index (χ1) is 16.2. The second-order valence-electron chi connectivity index (χ2n) is 13.7. The molecule has 0 amide bonds. The first kappa shape index (κ1) is 27.1. The van der Waals surface area contributed by atoms with Crippen LogP contribution >= 0.6 is 0 Å². The van der Waals surface area contributed by atoms with Crippen LogP contribution in [-0.4, -0.2) is 55.9 Å². The summed E-state index contributed by atoms with van der Waals surface area (Å²) in [6.45, 7) is 16.9. The molecular formula is C27H47NO6Si. The lowest BCUT2D eigenvalue weighted by molar-refractivity contribution is -0.240. The number of ether oxygens (including phenoxy) is 2. The van der Waals surface area contributed by atoms with Gasteiger partial charge in [-0.25, -0.2) is 0 Å². The maximum absolute atomic E-state index is 12.7. The molecule has 8 heteroatoms. The lowest BCUT2D eigenvalue weighted by Crippen LogP contribution is -2.57. The topological polar surface area (TPSA) is 97.6 Å². The fourth-order valence-corrected chi connectivity index (χ4v) is 9.36. The molecule has 0 aromatic rings. The SMILES string of the molecule is CC(C)(C)[Si](C)(C)O[C@H]1CC[C@](C)([C@H]2CC[C@@]3(C)[C@@H](CCC34OCCO4)[C@@H]2C=NO)[C@@H](C(=O)O)C1. The van der Waals surface area contributed by atoms with Crippen LogP contribution in [0.4, 0.5) is 0 Å². The van der Waals surface area contributed by atoms with E-state index in [4.69, 9.17) is 13.9 Å². The molecule has 0 aromatic heterocycles. The van der Waals surface area contributed by atoms with Gasteiger partial charge in [0.25, 0.3) is 0 Å². The van der Waals surface area contributed by atoms with E-state index in [1.165, 1.54) is 0 Å². The van der Waals surface area contributed by atoms with Crippen molar-refractivity contribution in [3.63, 3.8) is 0 Å². The van der Waals surface area contributed by atoms with E-state index < -0.39 is 26.0 Å². The van der Waals surface area contributed by atoms with Gasteiger partial charge in [0.15, 0.2) is 14.1 Å². The number of fused-ring (bicyclic) bond motifs is 2. The Morgan fingerprint density at radius 2 is 1.69 bits per heavy atom. The van der Waals surface area contributed by atoms with Crippen LogP contribution in [0, 0.1) is 34.5 Å². The normalized spacial score (nSPS) is 42.0. The Labute approximate surface area is 212 Å². The lowest BCUT2D eigenvalue weighted by atomic mass is 9.49. The zero-order chi connectivity index (χ0) is 25.9. The van der Waals surface area contributed by atoms with Crippen molar-refractivity contribution >= 4 is 20.5 Å². The number of rotatable bonds is 5. The number of oxime groups is 1. The predicted octanol–water partition coefficient (Wildman–Crippen LogP) is 5.91. The standard InChI is InChI=1S/C27H47NO6Si/c1-24(2,3)35(6,7)34-18-8-11-25(4,22(16-18)23(29)30)20-9-12-26(5)21(19(20)17-28-31)10-13-27(26)32-14-15-33-27/h17-22,31H,8-16H2,1-7H3,(H,29,30)/t18-,19+,20-,21-,22+,25+,26-/m0/s1. The molecule has 1 saturated heterocycles. The van der Waals surface area contributed by atoms with Crippen LogP contribution in [0.15, 0.2) is 5.16 Å². The summed E-state index contributed by atoms with van der Waals surface area (Å²) in [6.07, 6.45) is 7.52. The van der Waals surface area contributed by atoms with Gasteiger partial charge in [-0.3, -0.25) is 4.79 Å². The van der Waals surface area contributed by atoms with Gasteiger partial charge in [-0.05, 0) is 73.9 Å². The van der Waals surface area contributed by atoms with Gasteiger partial charge in [-0.2, -0.15) is 0 Å². The quantitative estimate of drug-likeness (QED) is 0.207. The molecule has 4 aliphatic rings. The van der Waals surface area contributed by atoms with Crippen molar-refractivity contribution in [3.05, 3.63) is 0 Å². The van der Waals surface area contributed by atoms with Crippen molar-refractivity contribution in [3.8, 4) is 0 Å². The van der Waals surface area contributed by atoms with Crippen LogP contribution in [0.2, 0.25) is 18.1 Å². The van der Waals surface area contributed by atoms with Crippen LogP contribution in [-0.2, 0) is 18.7 Å². The van der Waals surface area contributed by atoms with Gasteiger partial charge in [-0.1, -0.05) is 34.6 Å². The van der Waals surface area contributed by atoms with Crippen molar-refractivity contribution < 1.29 is 29.0 Å². The number of carbonyl (C=O) groups is 1. The molecule has 0 aromatic carbocycles. The molecule has 4 rings (SSSR count). The molecule has 4 fully saturated rings. The molecule has 3 aliphatic carbocycles. The molecule has 35 heavy (non-hydrogen) atoms. The van der Waals surface area contributed by atoms with Gasteiger partial charge in [0.1, 0.15) is 0 Å². The van der Waals surface area contributed by atoms with Crippen LogP contribution in [0.5, 0.6) is 0 Å². The second kappa shape index (κ2) is 9.10. The van der Waals surface area contributed by atoms with Crippen LogP contribution in [0.25, 0.3) is 0 Å². The van der Waals surface area contributed by atoms with Gasteiger partial charge >= 0.3 is 5.97 Å². The third-order valence-corrected chi connectivity index (χ3v) is 15.6. The molecule has 7 atom stereocenters. The average Bonchev–Trinajstić information content (AvgIpc) is 3.35. The van der Waals surface area contributed by atoms with Crippen molar-refractivity contribution in [2.45, 2.75) is 110 Å². The maximum atomic E-state index is 12.7. The van der Waals surface area contributed by atoms with E-state index >= 15 is 0 Å². The Balaban J connectivity index is 1.60. The van der Waals surface area contributed by atoms with Gasteiger partial charge in [0, 0.05) is 30.1 Å². The first-order valence-electron chi connectivity index (χ1n) is 13.6. The lowest BCUT2D eigenvalue weighted by Gasteiger charge is -2.57. The number of nitrogens with zero attached hydrogens (tertiary/aromatic N) is 1. The van der Waals surface area contributed by atoms with E-state index in [1.54, 1.807) is 6.21 Å². The minimum absolute atomic E-state index is 0.00404. The Hall–Kier alpha value is -0.963. The van der Waals surface area contributed by atoms with E-state index in [9.17, 15) is 15.1 Å². The fourth-order valence-electron chi connectivity index (χ4n) is 7.96. The Morgan fingerprint density at radius 3 is 2.26 bits per heavy atom. The average molecular weight is 510 g/mol. The highest BCUT2D eigenvalue weighted by atomic mass is 28.4. The molecule has 1 heterocycles. The summed E-state index contributed by atoms with van der Waals surface area (Å²) in [7, 11) is -1.99. The molecular weight excluding hydrogens is 462 g/mol. The second-order valence-corrected chi connectivity index (χ2v) is 18.4. The minimum Gasteiger partial charge on any atom is -0.481 e. The highest BCUT2D eigenvalue weighted by molar-refractivity contribution is 6.74. The largest absolute Gasteiger partial charge is 0.481 e. The summed E-state index contributed by atoms with van der Waals surface area (Å²) >= 11 is 0. The summed E-state index contributed by atoms with van der Waals surface area (Å²) < 4.78 is 19.1. The highest BCUT2D eigenvalue weighted by Crippen LogP contribution is 2.66. The first-order valence-corrected chi connectivity index (χ1v) is 16.5. The molecule has 0 bridgehead atoms. The zero-order valence-corrected chi connectivity index (χ0v) is 23.8. The number of hydrogen-bond donors (Lipinski definition) is 2. The molecule has 7 nitrogen and oxygen atoms in total. The van der Waals surface area contributed by atoms with Crippen LogP contribution < -0.4 is 0 Å². The fraction of sp³-hybridized carbons (Fsp3) is 0.926. The predicted molar refractivity (Wildman–Crippen MR) is 137 cm³/mol. The molecule has 0 unspecified atom stereocenters. The van der Waals surface area contributed by atoms with E-state index in [1.807, 2.05) is 0 Å². The minimum atomic E-state index is -1.99. The number of hydrogen-bond acceptors (Lipinski definition) is 6. The molecule has 1 aliphatic heterocycles. The van der Waals surface area contributed by atoms with Gasteiger partial charge in [0.05, 0.1) is 19.1 Å². The number of carboxylic acid groups (broad SMARTS) is 1. The maximum Gasteiger partial charge on any atom is 0.307 e. The zero-order valence-electron chi connectivity index (χ0n) is 22.8. The van der Waals surface area contributed by atoms with Crippen molar-refractivity contribution in [1.82, 2.24) is 0 Å². The van der Waals surface area contributed by atoms with Gasteiger partial charge in [-0.15, -0.1) is 5.16 Å². The van der Waals surface area contributed by atoms with Crippen molar-refractivity contribution in [2.24, 2.45) is 39.7 Å². The Morgan fingerprint density at radius 1 is 1.06 bits per heavy atom. The summed E-state index contributed by atoms with van der Waals surface area (Å²) in [5.74, 6) is -1.40. The van der Waals surface area contributed by atoms with Gasteiger partial charge < -0.3 is 24.2 Å². The molecule has 200 valence electrons. The van der Waals surface area contributed by atoms with Crippen LogP contribution in [0.3, 0.4) is 0 Å². The molecule has 2 N–H and O–H groups in total.